The van der Waals surface area contributed by atoms with Crippen LogP contribution in [0.5, 0.6) is 6.01 Å². The highest BCUT2D eigenvalue weighted by Gasteiger charge is 2.00. The quantitative estimate of drug-likeness (QED) is 0.615. The van der Waals surface area contributed by atoms with E-state index in [-0.39, 0.29) is 0 Å². The molecule has 0 aliphatic heterocycles. The van der Waals surface area contributed by atoms with Crippen molar-refractivity contribution in [1.82, 2.24) is 9.55 Å². The summed E-state index contributed by atoms with van der Waals surface area (Å²) in [5.74, 6) is 0. The number of hydrogen-bond donors (Lipinski definition) is 0. The van der Waals surface area contributed by atoms with Gasteiger partial charge in [0.15, 0.2) is 0 Å². The molecule has 10 heavy (non-hydrogen) atoms. The first-order chi connectivity index (χ1) is 4.75. The molecule has 3 heteroatoms. The lowest BCUT2D eigenvalue weighted by molar-refractivity contribution is 0.301. The lowest BCUT2D eigenvalue weighted by Gasteiger charge is -2.01. The molecule has 1 aromatic rings. The van der Waals surface area contributed by atoms with E-state index < -0.39 is 0 Å². The summed E-state index contributed by atoms with van der Waals surface area (Å²) in [4.78, 5) is 4.05. The van der Waals surface area contributed by atoms with Crippen LogP contribution in [0.1, 0.15) is 12.6 Å². The van der Waals surface area contributed by atoms with Crippen LogP contribution in [0, 0.1) is 6.92 Å². The molecule has 0 bridgehead atoms. The normalized spacial score (nSPS) is 9.90. The Bertz CT molecular complexity index is 217. The highest BCUT2D eigenvalue weighted by Crippen LogP contribution is 2.08. The van der Waals surface area contributed by atoms with Crippen molar-refractivity contribution in [3.8, 4) is 6.01 Å². The monoisotopic (exact) mass is 140 g/mol. The average Bonchev–Trinajstić information content (AvgIpc) is 2.20. The third-order valence-electron chi connectivity index (χ3n) is 1.45. The first-order valence-electron chi connectivity index (χ1n) is 3.36. The minimum atomic E-state index is 0.671. The third-order valence-corrected chi connectivity index (χ3v) is 1.45. The summed E-state index contributed by atoms with van der Waals surface area (Å²) >= 11 is 0. The number of nitrogens with zero attached hydrogens (tertiary/aromatic N) is 2. The summed E-state index contributed by atoms with van der Waals surface area (Å²) in [5.41, 5.74) is 1.11. The van der Waals surface area contributed by atoms with Gasteiger partial charge < -0.3 is 9.30 Å². The van der Waals surface area contributed by atoms with E-state index in [1.165, 1.54) is 0 Å². The minimum absolute atomic E-state index is 0.671. The molecule has 3 nitrogen and oxygen atoms in total. The fourth-order valence-electron chi connectivity index (χ4n) is 0.736. The first-order valence-corrected chi connectivity index (χ1v) is 3.36. The molecule has 1 aromatic heterocycles. The van der Waals surface area contributed by atoms with Gasteiger partial charge in [-0.1, -0.05) is 0 Å². The van der Waals surface area contributed by atoms with Crippen molar-refractivity contribution < 1.29 is 4.74 Å². The summed E-state index contributed by atoms with van der Waals surface area (Å²) in [5, 5.41) is 0. The van der Waals surface area contributed by atoms with Crippen LogP contribution < -0.4 is 4.74 Å². The lowest BCUT2D eigenvalue weighted by Crippen LogP contribution is -1.99. The number of rotatable bonds is 2. The Hall–Kier alpha value is -0.990. The molecule has 0 radical (unpaired) electrons. The number of hydrogen-bond acceptors (Lipinski definition) is 2. The second-order valence-electron chi connectivity index (χ2n) is 2.17. The molecule has 0 N–H and O–H groups in total. The predicted molar refractivity (Wildman–Crippen MR) is 39.1 cm³/mol. The number of aryl methyl sites for hydroxylation is 1. The van der Waals surface area contributed by atoms with Crippen LogP contribution >= 0.6 is 0 Å². The van der Waals surface area contributed by atoms with E-state index in [1.807, 2.05) is 25.5 Å². The van der Waals surface area contributed by atoms with Crippen LogP contribution in [0.25, 0.3) is 0 Å². The Balaban J connectivity index is 2.83. The van der Waals surface area contributed by atoms with Crippen molar-refractivity contribution in [2.45, 2.75) is 13.8 Å². The molecule has 0 spiro atoms. The zero-order chi connectivity index (χ0) is 7.56. The van der Waals surface area contributed by atoms with Crippen molar-refractivity contribution in [2.75, 3.05) is 6.61 Å². The topological polar surface area (TPSA) is 27.1 Å². The maximum atomic E-state index is 5.21. The summed E-state index contributed by atoms with van der Waals surface area (Å²) in [6, 6.07) is 0.694. The SMILES string of the molecule is CCOc1ncc(C)n1C. The van der Waals surface area contributed by atoms with Crippen molar-refractivity contribution in [3.05, 3.63) is 11.9 Å². The Morgan fingerprint density at radius 2 is 2.40 bits per heavy atom. The van der Waals surface area contributed by atoms with Crippen LogP contribution in [-0.2, 0) is 7.05 Å². The highest BCUT2D eigenvalue weighted by atomic mass is 16.5. The second kappa shape index (κ2) is 2.73. The van der Waals surface area contributed by atoms with Crippen molar-refractivity contribution in [2.24, 2.45) is 7.05 Å². The van der Waals surface area contributed by atoms with E-state index in [2.05, 4.69) is 4.98 Å². The number of aromatic nitrogens is 2. The van der Waals surface area contributed by atoms with E-state index in [4.69, 9.17) is 4.74 Å². The fraction of sp³-hybridized carbons (Fsp3) is 0.571. The van der Waals surface area contributed by atoms with Crippen LogP contribution in [-0.4, -0.2) is 16.2 Å². The summed E-state index contributed by atoms with van der Waals surface area (Å²) in [6.07, 6.45) is 1.80. The molecular weight excluding hydrogens is 128 g/mol. The summed E-state index contributed by atoms with van der Waals surface area (Å²) in [6.45, 7) is 4.61. The zero-order valence-electron chi connectivity index (χ0n) is 6.59. The molecule has 0 unspecified atom stereocenters. The molecule has 1 rings (SSSR count). The van der Waals surface area contributed by atoms with Gasteiger partial charge in [-0.25, -0.2) is 4.98 Å². The van der Waals surface area contributed by atoms with E-state index in [9.17, 15) is 0 Å². The molecular formula is C7H12N2O. The first kappa shape index (κ1) is 7.12. The van der Waals surface area contributed by atoms with Crippen molar-refractivity contribution in [3.63, 3.8) is 0 Å². The predicted octanol–water partition coefficient (Wildman–Crippen LogP) is 1.13. The van der Waals surface area contributed by atoms with Crippen molar-refractivity contribution >= 4 is 0 Å². The van der Waals surface area contributed by atoms with Gasteiger partial charge in [0.05, 0.1) is 12.8 Å². The average molecular weight is 140 g/mol. The molecule has 0 aliphatic rings. The van der Waals surface area contributed by atoms with Gasteiger partial charge >= 0.3 is 0 Å². The maximum Gasteiger partial charge on any atom is 0.296 e. The van der Waals surface area contributed by atoms with Crippen LogP contribution in [0.3, 0.4) is 0 Å². The van der Waals surface area contributed by atoms with Gasteiger partial charge in [0, 0.05) is 12.7 Å². The van der Waals surface area contributed by atoms with Gasteiger partial charge in [0.25, 0.3) is 6.01 Å². The molecule has 0 atom stereocenters. The molecule has 0 saturated heterocycles. The van der Waals surface area contributed by atoms with Crippen molar-refractivity contribution in [1.29, 1.82) is 0 Å². The maximum absolute atomic E-state index is 5.21. The van der Waals surface area contributed by atoms with E-state index in [0.29, 0.717) is 12.6 Å². The Kier molecular flexibility index (Phi) is 1.94. The molecule has 0 aromatic carbocycles. The zero-order valence-corrected chi connectivity index (χ0v) is 6.59. The fourth-order valence-corrected chi connectivity index (χ4v) is 0.736. The lowest BCUT2D eigenvalue weighted by atomic mass is 10.5. The van der Waals surface area contributed by atoms with Crippen LogP contribution in [0.4, 0.5) is 0 Å². The van der Waals surface area contributed by atoms with E-state index in [1.54, 1.807) is 6.20 Å². The van der Waals surface area contributed by atoms with Gasteiger partial charge in [-0.2, -0.15) is 0 Å². The molecule has 56 valence electrons. The van der Waals surface area contributed by atoms with E-state index in [0.717, 1.165) is 5.69 Å². The molecule has 0 fully saturated rings. The van der Waals surface area contributed by atoms with Crippen LogP contribution in [0.2, 0.25) is 0 Å². The third kappa shape index (κ3) is 1.12. The largest absolute Gasteiger partial charge is 0.465 e. The number of imidazole rings is 1. The molecule has 0 saturated carbocycles. The van der Waals surface area contributed by atoms with E-state index >= 15 is 0 Å². The van der Waals surface area contributed by atoms with Gasteiger partial charge in [0.2, 0.25) is 0 Å². The Morgan fingerprint density at radius 3 is 2.80 bits per heavy atom. The smallest absolute Gasteiger partial charge is 0.296 e. The standard InChI is InChI=1S/C7H12N2O/c1-4-10-7-8-5-6(2)9(7)3/h5H,4H2,1-3H3. The van der Waals surface area contributed by atoms with Crippen LogP contribution in [0.15, 0.2) is 6.20 Å². The van der Waals surface area contributed by atoms with Gasteiger partial charge in [-0.3, -0.25) is 0 Å². The highest BCUT2D eigenvalue weighted by molar-refractivity contribution is 5.06. The Labute approximate surface area is 60.6 Å². The van der Waals surface area contributed by atoms with Gasteiger partial charge in [-0.05, 0) is 13.8 Å². The summed E-state index contributed by atoms with van der Waals surface area (Å²) < 4.78 is 7.13. The summed E-state index contributed by atoms with van der Waals surface area (Å²) in [7, 11) is 1.94. The molecule has 0 amide bonds. The Morgan fingerprint density at radius 1 is 1.70 bits per heavy atom. The van der Waals surface area contributed by atoms with Gasteiger partial charge in [0.1, 0.15) is 0 Å². The van der Waals surface area contributed by atoms with Gasteiger partial charge in [-0.15, -0.1) is 0 Å². The molecule has 1 heterocycles. The second-order valence-corrected chi connectivity index (χ2v) is 2.17. The minimum Gasteiger partial charge on any atom is -0.465 e. The number of ether oxygens (including phenoxy) is 1. The molecule has 0 aliphatic carbocycles.